The minimum absolute atomic E-state index is 0.0930. The average molecular weight is 578 g/mol. The van der Waals surface area contributed by atoms with E-state index in [0.29, 0.717) is 24.5 Å². The molecule has 1 aromatic heterocycles. The van der Waals surface area contributed by atoms with Crippen LogP contribution in [0.2, 0.25) is 0 Å². The number of nitrogens with one attached hydrogen (secondary N) is 1. The number of aliphatic carboxylic acids is 1. The number of aromatic nitrogens is 1. The summed E-state index contributed by atoms with van der Waals surface area (Å²) in [4.78, 5) is 40.1. The summed E-state index contributed by atoms with van der Waals surface area (Å²) in [6.07, 6.45) is -5.10. The predicted molar refractivity (Wildman–Crippen MR) is 139 cm³/mol. The van der Waals surface area contributed by atoms with Gasteiger partial charge in [0.2, 0.25) is 11.7 Å². The quantitative estimate of drug-likeness (QED) is 0.284. The van der Waals surface area contributed by atoms with Gasteiger partial charge in [-0.05, 0) is 44.2 Å². The third-order valence-corrected chi connectivity index (χ3v) is 8.51. The average Bonchev–Trinajstić information content (AvgIpc) is 3.70. The molecule has 14 heteroatoms. The number of carboxylic acids is 1. The fourth-order valence-corrected chi connectivity index (χ4v) is 6.26. The molecule has 0 radical (unpaired) electrons. The number of rotatable bonds is 6. The van der Waals surface area contributed by atoms with Gasteiger partial charge >= 0.3 is 11.9 Å². The molecule has 0 amide bonds. The zero-order valence-electron chi connectivity index (χ0n) is 22.2. The second-order valence-electron chi connectivity index (χ2n) is 11.2. The summed E-state index contributed by atoms with van der Waals surface area (Å²) in [6, 6.07) is 1.22. The second kappa shape index (κ2) is 10.5. The van der Waals surface area contributed by atoms with E-state index in [-0.39, 0.29) is 28.9 Å². The van der Waals surface area contributed by atoms with E-state index in [9.17, 15) is 34.8 Å². The normalized spacial score (nSPS) is 31.6. The van der Waals surface area contributed by atoms with Crippen molar-refractivity contribution in [1.82, 2.24) is 9.88 Å². The van der Waals surface area contributed by atoms with Crippen molar-refractivity contribution < 1.29 is 48.6 Å². The van der Waals surface area contributed by atoms with Crippen molar-refractivity contribution in [3.8, 4) is 5.75 Å². The Morgan fingerprint density at radius 2 is 1.88 bits per heavy atom. The topological polar surface area (TPSA) is 180 Å². The molecule has 4 fully saturated rings. The van der Waals surface area contributed by atoms with Gasteiger partial charge in [-0.1, -0.05) is 0 Å². The summed E-state index contributed by atoms with van der Waals surface area (Å²) in [5.41, 5.74) is -0.762. The van der Waals surface area contributed by atoms with Crippen LogP contribution in [0, 0.1) is 11.7 Å². The molecular weight excluding hydrogens is 545 g/mol. The van der Waals surface area contributed by atoms with Crippen LogP contribution in [0.15, 0.2) is 17.1 Å². The highest BCUT2D eigenvalue weighted by molar-refractivity contribution is 5.98. The van der Waals surface area contributed by atoms with Crippen LogP contribution in [0.3, 0.4) is 0 Å². The summed E-state index contributed by atoms with van der Waals surface area (Å²) in [7, 11) is 1.41. The molecule has 5 N–H and O–H groups in total. The number of anilines is 1. The number of hydrogen-bond donors (Lipinski definition) is 5. The highest BCUT2D eigenvalue weighted by Crippen LogP contribution is 2.45. The van der Waals surface area contributed by atoms with Gasteiger partial charge in [0.05, 0.1) is 18.0 Å². The van der Waals surface area contributed by atoms with Gasteiger partial charge in [0.1, 0.15) is 29.6 Å². The maximum absolute atomic E-state index is 15.8. The highest BCUT2D eigenvalue weighted by atomic mass is 19.1. The third-order valence-electron chi connectivity index (χ3n) is 8.51. The first-order chi connectivity index (χ1) is 19.6. The Hall–Kier alpha value is -3.30. The van der Waals surface area contributed by atoms with Crippen LogP contribution in [0.4, 0.5) is 10.1 Å². The lowest BCUT2D eigenvalue weighted by atomic mass is 9.94. The zero-order chi connectivity index (χ0) is 29.2. The molecule has 1 aromatic carbocycles. The van der Waals surface area contributed by atoms with Gasteiger partial charge < -0.3 is 49.4 Å². The summed E-state index contributed by atoms with van der Waals surface area (Å²) in [5, 5.41) is 42.8. The van der Waals surface area contributed by atoms with Gasteiger partial charge in [0, 0.05) is 31.4 Å². The molecule has 7 atom stereocenters. The van der Waals surface area contributed by atoms with E-state index in [0.717, 1.165) is 38.3 Å². The molecule has 0 bridgehead atoms. The number of aliphatic hydroxyl groups excluding tert-OH is 3. The highest BCUT2D eigenvalue weighted by Gasteiger charge is 2.49. The van der Waals surface area contributed by atoms with E-state index >= 15 is 4.39 Å². The maximum atomic E-state index is 15.8. The van der Waals surface area contributed by atoms with Gasteiger partial charge in [-0.15, -0.1) is 0 Å². The minimum Gasteiger partial charge on any atom is -0.492 e. The summed E-state index contributed by atoms with van der Waals surface area (Å²) in [6.45, 7) is 2.13. The van der Waals surface area contributed by atoms with Crippen molar-refractivity contribution in [2.24, 2.45) is 5.92 Å². The number of ether oxygens (including phenoxy) is 3. The number of esters is 1. The van der Waals surface area contributed by atoms with Gasteiger partial charge in [0.25, 0.3) is 0 Å². The molecule has 222 valence electrons. The van der Waals surface area contributed by atoms with Crippen molar-refractivity contribution in [2.45, 2.75) is 68.5 Å². The Labute approximate surface area is 233 Å². The van der Waals surface area contributed by atoms with Gasteiger partial charge in [0.15, 0.2) is 17.7 Å². The van der Waals surface area contributed by atoms with Gasteiger partial charge in [-0.25, -0.2) is 14.0 Å². The number of methoxy groups -OCH3 is 1. The molecule has 0 unspecified atom stereocenters. The lowest BCUT2D eigenvalue weighted by Crippen LogP contribution is -2.60. The number of aliphatic hydroxyl groups is 3. The van der Waals surface area contributed by atoms with Crippen LogP contribution < -0.4 is 20.4 Å². The number of pyridine rings is 1. The molecule has 2 aromatic rings. The molecule has 1 aliphatic carbocycles. The predicted octanol–water partition coefficient (Wildman–Crippen LogP) is -0.279. The first kappa shape index (κ1) is 27.8. The van der Waals surface area contributed by atoms with Crippen molar-refractivity contribution in [3.05, 3.63) is 33.9 Å². The molecule has 3 aliphatic heterocycles. The number of benzene rings is 1. The molecule has 0 spiro atoms. The number of carboxylic acid groups (broad SMARTS) is 1. The number of fused-ring (bicyclic) bond motifs is 2. The summed E-state index contributed by atoms with van der Waals surface area (Å²) >= 11 is 0. The van der Waals surface area contributed by atoms with E-state index in [2.05, 4.69) is 5.32 Å². The van der Waals surface area contributed by atoms with E-state index in [4.69, 9.17) is 14.2 Å². The maximum Gasteiger partial charge on any atom is 0.346 e. The number of halogens is 1. The Morgan fingerprint density at radius 3 is 2.54 bits per heavy atom. The summed E-state index contributed by atoms with van der Waals surface area (Å²) < 4.78 is 33.4. The second-order valence-corrected chi connectivity index (χ2v) is 11.2. The van der Waals surface area contributed by atoms with Crippen LogP contribution in [-0.4, -0.2) is 100 Å². The van der Waals surface area contributed by atoms with Gasteiger partial charge in [-0.3, -0.25) is 4.79 Å². The SMILES string of the molecule is COc1c(N2C[C@@H]3CCCN[C@@H]3C2)c(F)cc2c(=O)c(C(=O)O[C@H]3O[C@H](C(=O)O)[C@H](O)[C@@H](O)[C@@H]3O)cn(C3CC3)c12. The summed E-state index contributed by atoms with van der Waals surface area (Å²) in [5.74, 6) is -3.05. The minimum atomic E-state index is -2.00. The van der Waals surface area contributed by atoms with Crippen LogP contribution in [0.1, 0.15) is 42.1 Å². The largest absolute Gasteiger partial charge is 0.492 e. The Kier molecular flexibility index (Phi) is 7.14. The number of piperidine rings is 1. The molecule has 13 nitrogen and oxygen atoms in total. The first-order valence-electron chi connectivity index (χ1n) is 13.7. The number of hydrogen-bond acceptors (Lipinski definition) is 11. The van der Waals surface area contributed by atoms with Crippen LogP contribution in [-0.2, 0) is 14.3 Å². The van der Waals surface area contributed by atoms with Crippen LogP contribution in [0.25, 0.3) is 10.9 Å². The van der Waals surface area contributed by atoms with E-state index < -0.39 is 59.5 Å². The lowest BCUT2D eigenvalue weighted by Gasteiger charge is -2.37. The third kappa shape index (κ3) is 4.73. The molecule has 6 rings (SSSR count). The number of nitrogens with zero attached hydrogens (tertiary/aromatic N) is 2. The fourth-order valence-electron chi connectivity index (χ4n) is 6.26. The fraction of sp³-hybridized carbons (Fsp3) is 0.593. The molecule has 41 heavy (non-hydrogen) atoms. The number of carbonyl (C=O) groups is 2. The molecule has 1 saturated carbocycles. The first-order valence-corrected chi connectivity index (χ1v) is 13.7. The van der Waals surface area contributed by atoms with Crippen LogP contribution >= 0.6 is 0 Å². The number of carbonyl (C=O) groups excluding carboxylic acids is 1. The molecular formula is C27H32FN3O10. The van der Waals surface area contributed by atoms with Crippen molar-refractivity contribution in [2.75, 3.05) is 31.6 Å². The van der Waals surface area contributed by atoms with Crippen molar-refractivity contribution in [3.63, 3.8) is 0 Å². The molecule has 4 heterocycles. The standard InChI is InChI=1S/C27H32FN3O10/c1-39-23-17-13(7-15(28)18(23)30-8-11-3-2-6-29-16(11)10-30)19(32)14(9-31(17)12-4-5-12)26(38)41-27-22(35)20(33)21(34)24(40-27)25(36)37/h7,9,11-12,16,20-22,24,27,29,33-35H,2-6,8,10H2,1H3,(H,36,37)/t11-,16+,20+,21+,22-,24-,27+/m0/s1. The molecule has 4 aliphatic rings. The van der Waals surface area contributed by atoms with Gasteiger partial charge in [-0.2, -0.15) is 0 Å². The van der Waals surface area contributed by atoms with E-state index in [1.807, 2.05) is 4.90 Å². The van der Waals surface area contributed by atoms with Crippen molar-refractivity contribution >= 4 is 28.5 Å². The zero-order valence-corrected chi connectivity index (χ0v) is 22.2. The Bertz CT molecular complexity index is 1430. The Balaban J connectivity index is 1.39. The lowest BCUT2D eigenvalue weighted by molar-refractivity contribution is -0.278. The van der Waals surface area contributed by atoms with Crippen molar-refractivity contribution in [1.29, 1.82) is 0 Å². The van der Waals surface area contributed by atoms with Crippen LogP contribution in [0.5, 0.6) is 5.75 Å². The smallest absolute Gasteiger partial charge is 0.346 e. The van der Waals surface area contributed by atoms with E-state index in [1.165, 1.54) is 13.3 Å². The van der Waals surface area contributed by atoms with E-state index in [1.54, 1.807) is 4.57 Å². The Morgan fingerprint density at radius 1 is 1.12 bits per heavy atom. The molecule has 3 saturated heterocycles. The monoisotopic (exact) mass is 577 g/mol.